The fraction of sp³-hybridized carbons (Fsp3) is 0.316. The summed E-state index contributed by atoms with van der Waals surface area (Å²) in [6.45, 7) is 3.12. The number of hydrogen-bond donors (Lipinski definition) is 1. The first-order valence-corrected chi connectivity index (χ1v) is 7.75. The Hall–Kier alpha value is -2.33. The first-order valence-electron chi connectivity index (χ1n) is 7.75. The first kappa shape index (κ1) is 17.0. The van der Waals surface area contributed by atoms with Crippen LogP contribution in [-0.2, 0) is 11.3 Å². The molecule has 0 saturated carbocycles. The minimum absolute atomic E-state index is 0.00279. The molecule has 2 aromatic carbocycles. The largest absolute Gasteiger partial charge is 0.378 e. The fourth-order valence-electron chi connectivity index (χ4n) is 2.44. The second-order valence-electron chi connectivity index (χ2n) is 6.15. The van der Waals surface area contributed by atoms with Crippen LogP contribution in [0.2, 0.25) is 0 Å². The molecule has 2 rings (SSSR count). The average molecular weight is 311 g/mol. The van der Waals surface area contributed by atoms with Crippen LogP contribution in [0.5, 0.6) is 0 Å². The van der Waals surface area contributed by atoms with Crippen molar-refractivity contribution < 1.29 is 4.79 Å². The average Bonchev–Trinajstić information content (AvgIpc) is 2.47. The summed E-state index contributed by atoms with van der Waals surface area (Å²) in [4.78, 5) is 16.2. The van der Waals surface area contributed by atoms with Crippen molar-refractivity contribution in [3.8, 4) is 0 Å². The van der Waals surface area contributed by atoms with Crippen molar-refractivity contribution in [2.45, 2.75) is 13.5 Å². The normalized spacial score (nSPS) is 10.7. The maximum atomic E-state index is 12.1. The highest BCUT2D eigenvalue weighted by Crippen LogP contribution is 2.13. The second kappa shape index (κ2) is 7.79. The first-order chi connectivity index (χ1) is 10.9. The molecule has 0 atom stereocenters. The molecule has 0 heterocycles. The van der Waals surface area contributed by atoms with E-state index in [0.717, 1.165) is 17.8 Å². The summed E-state index contributed by atoms with van der Waals surface area (Å²) >= 11 is 0. The number of benzene rings is 2. The minimum atomic E-state index is 0.00279. The van der Waals surface area contributed by atoms with Gasteiger partial charge in [0.05, 0.1) is 6.54 Å². The lowest BCUT2D eigenvalue weighted by Crippen LogP contribution is -2.29. The Labute approximate surface area is 138 Å². The molecule has 4 nitrogen and oxygen atoms in total. The van der Waals surface area contributed by atoms with Crippen molar-refractivity contribution >= 4 is 17.3 Å². The van der Waals surface area contributed by atoms with Crippen LogP contribution in [0.1, 0.15) is 11.1 Å². The van der Waals surface area contributed by atoms with Crippen molar-refractivity contribution in [2.75, 3.05) is 37.9 Å². The van der Waals surface area contributed by atoms with E-state index >= 15 is 0 Å². The minimum Gasteiger partial charge on any atom is -0.378 e. The van der Waals surface area contributed by atoms with E-state index in [1.807, 2.05) is 57.2 Å². The number of carbonyl (C=O) groups excluding carboxylic acids is 1. The van der Waals surface area contributed by atoms with Gasteiger partial charge in [0.2, 0.25) is 5.91 Å². The van der Waals surface area contributed by atoms with Gasteiger partial charge in [-0.05, 0) is 49.4 Å². The zero-order chi connectivity index (χ0) is 16.8. The van der Waals surface area contributed by atoms with Crippen LogP contribution in [-0.4, -0.2) is 38.5 Å². The van der Waals surface area contributed by atoms with Crippen LogP contribution in [0.25, 0.3) is 0 Å². The van der Waals surface area contributed by atoms with Gasteiger partial charge in [-0.25, -0.2) is 0 Å². The molecule has 0 saturated heterocycles. The van der Waals surface area contributed by atoms with Crippen LogP contribution in [0.15, 0.2) is 48.5 Å². The van der Waals surface area contributed by atoms with Gasteiger partial charge in [-0.1, -0.05) is 24.3 Å². The number of likely N-dealkylation sites (N-methyl/N-ethyl adjacent to an activating group) is 1. The van der Waals surface area contributed by atoms with Gasteiger partial charge >= 0.3 is 0 Å². The zero-order valence-corrected chi connectivity index (χ0v) is 14.3. The summed E-state index contributed by atoms with van der Waals surface area (Å²) < 4.78 is 0. The van der Waals surface area contributed by atoms with Crippen molar-refractivity contribution in [3.05, 3.63) is 59.7 Å². The molecular formula is C19H25N3O. The van der Waals surface area contributed by atoms with Crippen LogP contribution in [0, 0.1) is 6.92 Å². The lowest BCUT2D eigenvalue weighted by Gasteiger charge is -2.18. The Morgan fingerprint density at radius 2 is 1.74 bits per heavy atom. The SMILES string of the molecule is Cc1cccc(NC(=O)CN(C)Cc2ccc(N(C)C)cc2)c1. The van der Waals surface area contributed by atoms with Gasteiger partial charge in [0, 0.05) is 32.0 Å². The molecule has 0 aliphatic rings. The van der Waals surface area contributed by atoms with E-state index < -0.39 is 0 Å². The molecule has 0 aromatic heterocycles. The molecule has 4 heteroatoms. The number of amides is 1. The predicted octanol–water partition coefficient (Wildman–Crippen LogP) is 3.13. The highest BCUT2D eigenvalue weighted by Gasteiger charge is 2.08. The Bertz CT molecular complexity index is 650. The fourth-order valence-corrected chi connectivity index (χ4v) is 2.44. The van der Waals surface area contributed by atoms with E-state index in [-0.39, 0.29) is 5.91 Å². The van der Waals surface area contributed by atoms with E-state index in [2.05, 4.69) is 34.5 Å². The van der Waals surface area contributed by atoms with Gasteiger partial charge in [-0.2, -0.15) is 0 Å². The van der Waals surface area contributed by atoms with E-state index in [1.54, 1.807) is 0 Å². The van der Waals surface area contributed by atoms with E-state index in [4.69, 9.17) is 0 Å². The maximum Gasteiger partial charge on any atom is 0.238 e. The zero-order valence-electron chi connectivity index (χ0n) is 14.3. The molecule has 1 amide bonds. The molecule has 0 unspecified atom stereocenters. The van der Waals surface area contributed by atoms with Crippen molar-refractivity contribution in [1.82, 2.24) is 4.90 Å². The Kier molecular flexibility index (Phi) is 5.77. The van der Waals surface area contributed by atoms with Gasteiger partial charge in [0.15, 0.2) is 0 Å². The monoisotopic (exact) mass is 311 g/mol. The molecule has 0 aliphatic carbocycles. The summed E-state index contributed by atoms with van der Waals surface area (Å²) in [7, 11) is 6.00. The number of aryl methyl sites for hydroxylation is 1. The molecule has 122 valence electrons. The molecule has 0 bridgehead atoms. The number of rotatable bonds is 6. The molecule has 2 aromatic rings. The van der Waals surface area contributed by atoms with Crippen LogP contribution >= 0.6 is 0 Å². The molecule has 23 heavy (non-hydrogen) atoms. The van der Waals surface area contributed by atoms with Gasteiger partial charge < -0.3 is 10.2 Å². The number of nitrogens with one attached hydrogen (secondary N) is 1. The maximum absolute atomic E-state index is 12.1. The van der Waals surface area contributed by atoms with E-state index in [1.165, 1.54) is 11.3 Å². The lowest BCUT2D eigenvalue weighted by molar-refractivity contribution is -0.117. The van der Waals surface area contributed by atoms with Gasteiger partial charge in [-0.3, -0.25) is 9.69 Å². The third kappa shape index (κ3) is 5.42. The Balaban J connectivity index is 1.86. The van der Waals surface area contributed by atoms with Crippen molar-refractivity contribution in [2.24, 2.45) is 0 Å². The summed E-state index contributed by atoms with van der Waals surface area (Å²) in [5.41, 5.74) is 4.35. The molecule has 0 radical (unpaired) electrons. The predicted molar refractivity (Wildman–Crippen MR) is 96.9 cm³/mol. The van der Waals surface area contributed by atoms with Gasteiger partial charge in [0.25, 0.3) is 0 Å². The molecule has 0 fully saturated rings. The summed E-state index contributed by atoms with van der Waals surface area (Å²) in [6, 6.07) is 16.2. The van der Waals surface area contributed by atoms with Crippen LogP contribution < -0.4 is 10.2 Å². The van der Waals surface area contributed by atoms with Crippen LogP contribution in [0.3, 0.4) is 0 Å². The van der Waals surface area contributed by atoms with Crippen molar-refractivity contribution in [3.63, 3.8) is 0 Å². The third-order valence-electron chi connectivity index (χ3n) is 3.62. The smallest absolute Gasteiger partial charge is 0.238 e. The number of carbonyl (C=O) groups is 1. The second-order valence-corrected chi connectivity index (χ2v) is 6.15. The number of anilines is 2. The standard InChI is InChI=1S/C19H25N3O/c1-15-6-5-7-17(12-15)20-19(23)14-22(4)13-16-8-10-18(11-9-16)21(2)3/h5-12H,13-14H2,1-4H3,(H,20,23). The van der Waals surface area contributed by atoms with Crippen LogP contribution in [0.4, 0.5) is 11.4 Å². The Morgan fingerprint density at radius 3 is 2.35 bits per heavy atom. The number of hydrogen-bond acceptors (Lipinski definition) is 3. The highest BCUT2D eigenvalue weighted by molar-refractivity contribution is 5.92. The van der Waals surface area contributed by atoms with Gasteiger partial charge in [0.1, 0.15) is 0 Å². The van der Waals surface area contributed by atoms with E-state index in [0.29, 0.717) is 6.54 Å². The quantitative estimate of drug-likeness (QED) is 0.890. The molecular weight excluding hydrogens is 286 g/mol. The molecule has 0 aliphatic heterocycles. The summed E-state index contributed by atoms with van der Waals surface area (Å²) in [5, 5.41) is 2.94. The summed E-state index contributed by atoms with van der Waals surface area (Å²) in [5.74, 6) is 0.00279. The molecule has 1 N–H and O–H groups in total. The van der Waals surface area contributed by atoms with Gasteiger partial charge in [-0.15, -0.1) is 0 Å². The van der Waals surface area contributed by atoms with E-state index in [9.17, 15) is 4.79 Å². The summed E-state index contributed by atoms with van der Waals surface area (Å²) in [6.07, 6.45) is 0. The van der Waals surface area contributed by atoms with Crippen molar-refractivity contribution in [1.29, 1.82) is 0 Å². The topological polar surface area (TPSA) is 35.6 Å². The third-order valence-corrected chi connectivity index (χ3v) is 3.62. The Morgan fingerprint density at radius 1 is 1.04 bits per heavy atom. The highest BCUT2D eigenvalue weighted by atomic mass is 16.2. The number of nitrogens with zero attached hydrogens (tertiary/aromatic N) is 2. The lowest BCUT2D eigenvalue weighted by atomic mass is 10.2. The molecule has 0 spiro atoms.